The van der Waals surface area contributed by atoms with Gasteiger partial charge in [0.1, 0.15) is 12.7 Å². The Hall–Kier alpha value is -1.24. The molecule has 1 heterocycles. The first-order chi connectivity index (χ1) is 10.1. The van der Waals surface area contributed by atoms with Gasteiger partial charge in [-0.05, 0) is 39.9 Å². The summed E-state index contributed by atoms with van der Waals surface area (Å²) in [7, 11) is 0. The van der Waals surface area contributed by atoms with Gasteiger partial charge in [0.15, 0.2) is 5.96 Å². The molecule has 0 saturated heterocycles. The standard InChI is InChI=1S/C14H28N6S/c1-5-15-13(17-10-14(2,3)21-4)16-8-6-7-9-20-11-18-19-12-20/h11-12H,5-10H2,1-4H3,(H2,15,16,17). The Balaban J connectivity index is 2.25. The van der Waals surface area contributed by atoms with Gasteiger partial charge in [0.2, 0.25) is 0 Å². The Morgan fingerprint density at radius 3 is 2.57 bits per heavy atom. The summed E-state index contributed by atoms with van der Waals surface area (Å²) in [4.78, 5) is 4.65. The smallest absolute Gasteiger partial charge is 0.191 e. The number of rotatable bonds is 9. The minimum absolute atomic E-state index is 0.177. The largest absolute Gasteiger partial charge is 0.357 e. The summed E-state index contributed by atoms with van der Waals surface area (Å²) in [6, 6.07) is 0. The van der Waals surface area contributed by atoms with Gasteiger partial charge in [-0.15, -0.1) is 10.2 Å². The van der Waals surface area contributed by atoms with Gasteiger partial charge >= 0.3 is 0 Å². The van der Waals surface area contributed by atoms with E-state index >= 15 is 0 Å². The van der Waals surface area contributed by atoms with Crippen molar-refractivity contribution >= 4 is 17.7 Å². The summed E-state index contributed by atoms with van der Waals surface area (Å²) >= 11 is 1.84. The number of hydrogen-bond acceptors (Lipinski definition) is 4. The van der Waals surface area contributed by atoms with Gasteiger partial charge in [-0.2, -0.15) is 11.8 Å². The monoisotopic (exact) mass is 312 g/mol. The van der Waals surface area contributed by atoms with Gasteiger partial charge in [0.05, 0.1) is 6.54 Å². The quantitative estimate of drug-likeness (QED) is 0.413. The van der Waals surface area contributed by atoms with Gasteiger partial charge in [-0.25, -0.2) is 0 Å². The SMILES string of the molecule is CCNC(=NCC(C)(C)SC)NCCCCn1cnnc1. The normalized spacial score (nSPS) is 12.5. The van der Waals surface area contributed by atoms with Crippen molar-refractivity contribution in [3.63, 3.8) is 0 Å². The highest BCUT2D eigenvalue weighted by atomic mass is 32.2. The second-order valence-electron chi connectivity index (χ2n) is 5.49. The van der Waals surface area contributed by atoms with Crippen LogP contribution < -0.4 is 10.6 Å². The van der Waals surface area contributed by atoms with Crippen molar-refractivity contribution in [2.45, 2.75) is 44.9 Å². The molecule has 0 aliphatic carbocycles. The highest BCUT2D eigenvalue weighted by Gasteiger charge is 2.15. The lowest BCUT2D eigenvalue weighted by molar-refractivity contribution is 0.597. The van der Waals surface area contributed by atoms with E-state index in [1.54, 1.807) is 12.7 Å². The number of hydrogen-bond donors (Lipinski definition) is 2. The number of aryl methyl sites for hydroxylation is 1. The molecular weight excluding hydrogens is 284 g/mol. The van der Waals surface area contributed by atoms with Crippen LogP contribution >= 0.6 is 11.8 Å². The average Bonchev–Trinajstić information content (AvgIpc) is 2.97. The zero-order valence-electron chi connectivity index (χ0n) is 13.6. The van der Waals surface area contributed by atoms with E-state index in [1.807, 2.05) is 16.3 Å². The molecule has 0 saturated carbocycles. The van der Waals surface area contributed by atoms with Crippen molar-refractivity contribution in [2.24, 2.45) is 4.99 Å². The molecule has 0 radical (unpaired) electrons. The molecule has 2 N–H and O–H groups in total. The van der Waals surface area contributed by atoms with E-state index in [1.165, 1.54) is 0 Å². The lowest BCUT2D eigenvalue weighted by Gasteiger charge is -2.20. The Bertz CT molecular complexity index is 402. The molecule has 0 atom stereocenters. The number of aliphatic imine (C=N–C) groups is 1. The molecule has 0 aliphatic heterocycles. The van der Waals surface area contributed by atoms with Crippen molar-refractivity contribution in [1.82, 2.24) is 25.4 Å². The summed E-state index contributed by atoms with van der Waals surface area (Å²) in [5.74, 6) is 0.906. The Morgan fingerprint density at radius 1 is 1.24 bits per heavy atom. The maximum absolute atomic E-state index is 4.65. The zero-order valence-corrected chi connectivity index (χ0v) is 14.4. The second kappa shape index (κ2) is 9.65. The molecule has 1 aromatic heterocycles. The van der Waals surface area contributed by atoms with Gasteiger partial charge in [-0.1, -0.05) is 0 Å². The molecule has 6 nitrogen and oxygen atoms in total. The number of nitrogens with zero attached hydrogens (tertiary/aromatic N) is 4. The maximum atomic E-state index is 4.65. The van der Waals surface area contributed by atoms with Crippen LogP contribution in [0.4, 0.5) is 0 Å². The lowest BCUT2D eigenvalue weighted by atomic mass is 10.2. The summed E-state index contributed by atoms with van der Waals surface area (Å²) in [6.07, 6.45) is 7.82. The fourth-order valence-corrected chi connectivity index (χ4v) is 1.83. The molecule has 21 heavy (non-hydrogen) atoms. The molecule has 0 unspecified atom stereocenters. The summed E-state index contributed by atoms with van der Waals surface area (Å²) < 4.78 is 2.18. The van der Waals surface area contributed by atoms with E-state index in [9.17, 15) is 0 Å². The summed E-state index contributed by atoms with van der Waals surface area (Å²) in [6.45, 7) is 10.1. The molecule has 0 aliphatic rings. The second-order valence-corrected chi connectivity index (χ2v) is 7.01. The number of thioether (sulfide) groups is 1. The van der Waals surface area contributed by atoms with Crippen LogP contribution in [0.5, 0.6) is 0 Å². The predicted molar refractivity (Wildman–Crippen MR) is 90.8 cm³/mol. The molecule has 0 bridgehead atoms. The van der Waals surface area contributed by atoms with Crippen molar-refractivity contribution in [3.05, 3.63) is 12.7 Å². The maximum Gasteiger partial charge on any atom is 0.191 e. The van der Waals surface area contributed by atoms with E-state index in [2.05, 4.69) is 52.9 Å². The van der Waals surface area contributed by atoms with Crippen LogP contribution in [0.3, 0.4) is 0 Å². The predicted octanol–water partition coefficient (Wildman–Crippen LogP) is 1.75. The summed E-state index contributed by atoms with van der Waals surface area (Å²) in [5.41, 5.74) is 0. The molecule has 0 spiro atoms. The van der Waals surface area contributed by atoms with Crippen LogP contribution in [0.25, 0.3) is 0 Å². The van der Waals surface area contributed by atoms with Crippen LogP contribution in [-0.2, 0) is 6.54 Å². The van der Waals surface area contributed by atoms with Crippen molar-refractivity contribution in [2.75, 3.05) is 25.9 Å². The minimum Gasteiger partial charge on any atom is -0.357 e. The first-order valence-corrected chi connectivity index (χ1v) is 8.69. The van der Waals surface area contributed by atoms with Gasteiger partial charge in [0.25, 0.3) is 0 Å². The highest BCUT2D eigenvalue weighted by molar-refractivity contribution is 7.99. The number of guanidine groups is 1. The van der Waals surface area contributed by atoms with Crippen molar-refractivity contribution < 1.29 is 0 Å². The van der Waals surface area contributed by atoms with Crippen LogP contribution in [-0.4, -0.2) is 51.4 Å². The number of unbranched alkanes of at least 4 members (excludes halogenated alkanes) is 1. The molecule has 1 aromatic rings. The third-order valence-electron chi connectivity index (χ3n) is 3.12. The molecular formula is C14H28N6S. The molecule has 120 valence electrons. The minimum atomic E-state index is 0.177. The Labute approximate surface area is 132 Å². The van der Waals surface area contributed by atoms with Crippen LogP contribution in [0.2, 0.25) is 0 Å². The van der Waals surface area contributed by atoms with Gasteiger partial charge in [0, 0.05) is 24.4 Å². The zero-order chi connectivity index (χ0) is 15.6. The van der Waals surface area contributed by atoms with Crippen LogP contribution in [0.15, 0.2) is 17.6 Å². The summed E-state index contributed by atoms with van der Waals surface area (Å²) in [5, 5.41) is 14.3. The molecule has 0 aromatic carbocycles. The van der Waals surface area contributed by atoms with Crippen molar-refractivity contribution in [1.29, 1.82) is 0 Å². The fraction of sp³-hybridized carbons (Fsp3) is 0.786. The Morgan fingerprint density at radius 2 is 1.95 bits per heavy atom. The van der Waals surface area contributed by atoms with E-state index in [4.69, 9.17) is 0 Å². The van der Waals surface area contributed by atoms with E-state index in [-0.39, 0.29) is 4.75 Å². The third-order valence-corrected chi connectivity index (χ3v) is 4.35. The molecule has 7 heteroatoms. The number of aromatic nitrogens is 3. The average molecular weight is 312 g/mol. The first kappa shape index (κ1) is 17.8. The Kier molecular flexibility index (Phi) is 8.19. The molecule has 0 amide bonds. The van der Waals surface area contributed by atoms with Crippen LogP contribution in [0, 0.1) is 0 Å². The van der Waals surface area contributed by atoms with E-state index in [0.29, 0.717) is 0 Å². The van der Waals surface area contributed by atoms with Crippen molar-refractivity contribution in [3.8, 4) is 0 Å². The third kappa shape index (κ3) is 7.94. The number of nitrogens with one attached hydrogen (secondary N) is 2. The lowest BCUT2D eigenvalue weighted by Crippen LogP contribution is -2.39. The van der Waals surface area contributed by atoms with E-state index < -0.39 is 0 Å². The first-order valence-electron chi connectivity index (χ1n) is 7.47. The fourth-order valence-electron chi connectivity index (χ4n) is 1.64. The van der Waals surface area contributed by atoms with Crippen LogP contribution in [0.1, 0.15) is 33.6 Å². The molecule has 1 rings (SSSR count). The molecule has 0 fully saturated rings. The topological polar surface area (TPSA) is 67.1 Å². The van der Waals surface area contributed by atoms with Gasteiger partial charge in [-0.3, -0.25) is 4.99 Å². The van der Waals surface area contributed by atoms with Gasteiger partial charge < -0.3 is 15.2 Å². The highest BCUT2D eigenvalue weighted by Crippen LogP contribution is 2.20. The van der Waals surface area contributed by atoms with E-state index in [0.717, 1.165) is 45.0 Å².